The van der Waals surface area contributed by atoms with Gasteiger partial charge in [0.15, 0.2) is 0 Å². The summed E-state index contributed by atoms with van der Waals surface area (Å²) in [5.41, 5.74) is 6.28. The molecule has 4 nitrogen and oxygen atoms in total. The average Bonchev–Trinajstić information content (AvgIpc) is 2.42. The van der Waals surface area contributed by atoms with Crippen molar-refractivity contribution >= 4 is 16.6 Å². The van der Waals surface area contributed by atoms with E-state index >= 15 is 0 Å². The third-order valence-electron chi connectivity index (χ3n) is 4.37. The molecular weight excluding hydrogens is 250 g/mol. The van der Waals surface area contributed by atoms with E-state index in [4.69, 9.17) is 10.5 Å². The van der Waals surface area contributed by atoms with Gasteiger partial charge >= 0.3 is 0 Å². The zero-order valence-electron chi connectivity index (χ0n) is 12.3. The molecule has 0 amide bonds. The minimum absolute atomic E-state index is 0.0945. The summed E-state index contributed by atoms with van der Waals surface area (Å²) in [7, 11) is 1.69. The van der Waals surface area contributed by atoms with Crippen LogP contribution in [0.25, 0.3) is 10.8 Å². The Morgan fingerprint density at radius 3 is 2.70 bits per heavy atom. The van der Waals surface area contributed by atoms with Gasteiger partial charge in [-0.3, -0.25) is 0 Å². The molecule has 0 bridgehead atoms. The molecule has 1 aliphatic heterocycles. The van der Waals surface area contributed by atoms with Crippen molar-refractivity contribution in [1.29, 1.82) is 0 Å². The Labute approximate surface area is 119 Å². The van der Waals surface area contributed by atoms with Crippen LogP contribution >= 0.6 is 0 Å². The topological polar surface area (TPSA) is 51.4 Å². The van der Waals surface area contributed by atoms with Crippen molar-refractivity contribution in [2.45, 2.75) is 19.4 Å². The minimum Gasteiger partial charge on any atom is -0.497 e. The number of nitrogens with two attached hydrogens (primary N) is 1. The second kappa shape index (κ2) is 4.63. The maximum Gasteiger partial charge on any atom is 0.136 e. The van der Waals surface area contributed by atoms with Gasteiger partial charge in [-0.05, 0) is 29.5 Å². The highest BCUT2D eigenvalue weighted by molar-refractivity contribution is 5.93. The molecule has 0 saturated carbocycles. The van der Waals surface area contributed by atoms with Crippen LogP contribution in [0, 0.1) is 5.92 Å². The molecule has 1 aromatic heterocycles. The van der Waals surface area contributed by atoms with Crippen LogP contribution in [0.2, 0.25) is 0 Å². The zero-order valence-corrected chi connectivity index (χ0v) is 12.3. The summed E-state index contributed by atoms with van der Waals surface area (Å²) >= 11 is 0. The number of benzene rings is 1. The fraction of sp³-hybridized carbons (Fsp3) is 0.438. The van der Waals surface area contributed by atoms with Crippen LogP contribution in [-0.2, 0) is 0 Å². The predicted molar refractivity (Wildman–Crippen MR) is 82.3 cm³/mol. The Morgan fingerprint density at radius 1 is 1.30 bits per heavy atom. The van der Waals surface area contributed by atoms with Gasteiger partial charge in [0.2, 0.25) is 0 Å². The number of hydrogen-bond donors (Lipinski definition) is 1. The number of anilines is 1. The standard InChI is InChI=1S/C16H21N3O/c1-11(2)16(17)9-19(10-16)15-14-8-13(20-3)5-4-12(14)6-7-18-15/h4-8,11H,9-10,17H2,1-3H3. The molecule has 1 saturated heterocycles. The lowest BCUT2D eigenvalue weighted by Crippen LogP contribution is -2.70. The lowest BCUT2D eigenvalue weighted by atomic mass is 9.80. The number of aromatic nitrogens is 1. The molecule has 0 atom stereocenters. The maximum atomic E-state index is 6.38. The molecular formula is C16H21N3O. The summed E-state index contributed by atoms with van der Waals surface area (Å²) in [4.78, 5) is 6.80. The van der Waals surface area contributed by atoms with E-state index in [9.17, 15) is 0 Å². The molecule has 2 N–H and O–H groups in total. The molecule has 4 heteroatoms. The summed E-state index contributed by atoms with van der Waals surface area (Å²) in [5.74, 6) is 2.33. The molecule has 1 aromatic carbocycles. The van der Waals surface area contributed by atoms with Gasteiger partial charge < -0.3 is 15.4 Å². The largest absolute Gasteiger partial charge is 0.497 e. The first kappa shape index (κ1) is 13.2. The van der Waals surface area contributed by atoms with Crippen LogP contribution in [0.4, 0.5) is 5.82 Å². The van der Waals surface area contributed by atoms with Crippen molar-refractivity contribution in [3.63, 3.8) is 0 Å². The van der Waals surface area contributed by atoms with Crippen LogP contribution < -0.4 is 15.4 Å². The molecule has 1 fully saturated rings. The minimum atomic E-state index is -0.0945. The van der Waals surface area contributed by atoms with E-state index in [1.54, 1.807) is 7.11 Å². The summed E-state index contributed by atoms with van der Waals surface area (Å²) in [6.45, 7) is 6.07. The number of methoxy groups -OCH3 is 1. The van der Waals surface area contributed by atoms with E-state index in [1.807, 2.05) is 24.4 Å². The first-order valence-electron chi connectivity index (χ1n) is 7.00. The molecule has 0 aliphatic carbocycles. The fourth-order valence-electron chi connectivity index (χ4n) is 2.69. The fourth-order valence-corrected chi connectivity index (χ4v) is 2.69. The van der Waals surface area contributed by atoms with E-state index in [2.05, 4.69) is 29.8 Å². The maximum absolute atomic E-state index is 6.38. The monoisotopic (exact) mass is 271 g/mol. The van der Waals surface area contributed by atoms with Crippen LogP contribution in [-0.4, -0.2) is 30.7 Å². The highest BCUT2D eigenvalue weighted by atomic mass is 16.5. The normalized spacial score (nSPS) is 17.4. The summed E-state index contributed by atoms with van der Waals surface area (Å²) in [6.07, 6.45) is 1.86. The van der Waals surface area contributed by atoms with Crippen LogP contribution in [0.15, 0.2) is 30.5 Å². The van der Waals surface area contributed by atoms with Crippen molar-refractivity contribution < 1.29 is 4.74 Å². The second-order valence-electron chi connectivity index (χ2n) is 5.97. The van der Waals surface area contributed by atoms with E-state index in [-0.39, 0.29) is 5.54 Å². The number of ether oxygens (including phenoxy) is 1. The molecule has 0 unspecified atom stereocenters. The smallest absolute Gasteiger partial charge is 0.136 e. The first-order chi connectivity index (χ1) is 9.53. The van der Waals surface area contributed by atoms with E-state index in [0.717, 1.165) is 30.0 Å². The highest BCUT2D eigenvalue weighted by Crippen LogP contribution is 2.35. The average molecular weight is 271 g/mol. The third-order valence-corrected chi connectivity index (χ3v) is 4.37. The molecule has 0 radical (unpaired) electrons. The molecule has 106 valence electrons. The van der Waals surface area contributed by atoms with E-state index in [1.165, 1.54) is 5.39 Å². The Balaban J connectivity index is 1.97. The number of fused-ring (bicyclic) bond motifs is 1. The Morgan fingerprint density at radius 2 is 2.05 bits per heavy atom. The Hall–Kier alpha value is -1.81. The van der Waals surface area contributed by atoms with Crippen molar-refractivity contribution in [1.82, 2.24) is 4.98 Å². The van der Waals surface area contributed by atoms with Gasteiger partial charge in [0, 0.05) is 24.7 Å². The van der Waals surface area contributed by atoms with Crippen LogP contribution in [0.1, 0.15) is 13.8 Å². The van der Waals surface area contributed by atoms with E-state index < -0.39 is 0 Å². The summed E-state index contributed by atoms with van der Waals surface area (Å²) in [6, 6.07) is 8.11. The molecule has 2 aromatic rings. The molecule has 2 heterocycles. The van der Waals surface area contributed by atoms with Gasteiger partial charge in [-0.1, -0.05) is 19.9 Å². The number of rotatable bonds is 3. The molecule has 0 spiro atoms. The quantitative estimate of drug-likeness (QED) is 0.931. The van der Waals surface area contributed by atoms with Gasteiger partial charge in [0.05, 0.1) is 12.6 Å². The lowest BCUT2D eigenvalue weighted by molar-refractivity contribution is 0.244. The number of hydrogen-bond acceptors (Lipinski definition) is 4. The van der Waals surface area contributed by atoms with Gasteiger partial charge in [-0.25, -0.2) is 4.98 Å². The molecule has 3 rings (SSSR count). The van der Waals surface area contributed by atoms with Crippen molar-refractivity contribution in [3.05, 3.63) is 30.5 Å². The van der Waals surface area contributed by atoms with Crippen LogP contribution in [0.3, 0.4) is 0 Å². The number of nitrogens with zero attached hydrogens (tertiary/aromatic N) is 2. The van der Waals surface area contributed by atoms with Crippen molar-refractivity contribution in [2.75, 3.05) is 25.1 Å². The zero-order chi connectivity index (χ0) is 14.3. The molecule has 1 aliphatic rings. The lowest BCUT2D eigenvalue weighted by Gasteiger charge is -2.51. The van der Waals surface area contributed by atoms with Crippen LogP contribution in [0.5, 0.6) is 5.75 Å². The molecule has 20 heavy (non-hydrogen) atoms. The van der Waals surface area contributed by atoms with Gasteiger partial charge in [0.1, 0.15) is 11.6 Å². The second-order valence-corrected chi connectivity index (χ2v) is 5.97. The highest BCUT2D eigenvalue weighted by Gasteiger charge is 2.42. The first-order valence-corrected chi connectivity index (χ1v) is 7.00. The number of pyridine rings is 1. The SMILES string of the molecule is COc1ccc2ccnc(N3CC(N)(C(C)C)C3)c2c1. The van der Waals surface area contributed by atoms with E-state index in [0.29, 0.717) is 5.92 Å². The Bertz CT molecular complexity index is 633. The van der Waals surface area contributed by atoms with Gasteiger partial charge in [-0.2, -0.15) is 0 Å². The van der Waals surface area contributed by atoms with Gasteiger partial charge in [-0.15, -0.1) is 0 Å². The summed E-state index contributed by atoms with van der Waals surface area (Å²) in [5, 5.41) is 2.30. The summed E-state index contributed by atoms with van der Waals surface area (Å²) < 4.78 is 5.32. The van der Waals surface area contributed by atoms with Crippen molar-refractivity contribution in [2.24, 2.45) is 11.7 Å². The van der Waals surface area contributed by atoms with Crippen molar-refractivity contribution in [3.8, 4) is 5.75 Å². The van der Waals surface area contributed by atoms with Gasteiger partial charge in [0.25, 0.3) is 0 Å². The third kappa shape index (κ3) is 2.00. The predicted octanol–water partition coefficient (Wildman–Crippen LogP) is 2.42. The Kier molecular flexibility index (Phi) is 3.05.